The molecule has 0 atom stereocenters. The van der Waals surface area contributed by atoms with Gasteiger partial charge >= 0.3 is 0 Å². The molecule has 176 valence electrons. The predicted molar refractivity (Wildman–Crippen MR) is 133 cm³/mol. The second kappa shape index (κ2) is 10.6. The zero-order chi connectivity index (χ0) is 24.0. The van der Waals surface area contributed by atoms with Crippen LogP contribution in [0.4, 0.5) is 5.69 Å². The van der Waals surface area contributed by atoms with Crippen LogP contribution in [0.5, 0.6) is 0 Å². The maximum Gasteiger partial charge on any atom is 0.285 e. The minimum absolute atomic E-state index is 0.0669. The van der Waals surface area contributed by atoms with Crippen LogP contribution >= 0.6 is 0 Å². The van der Waals surface area contributed by atoms with Crippen LogP contribution in [0, 0.1) is 0 Å². The molecule has 0 unspecified atom stereocenters. The van der Waals surface area contributed by atoms with Gasteiger partial charge in [0.05, 0.1) is 6.61 Å². The van der Waals surface area contributed by atoms with E-state index in [1.165, 1.54) is 11.6 Å². The average molecular weight is 478 g/mol. The zero-order valence-electron chi connectivity index (χ0n) is 19.0. The fraction of sp³-hybridized carbons (Fsp3) is 0.231. The fourth-order valence-corrected chi connectivity index (χ4v) is 5.02. The van der Waals surface area contributed by atoms with E-state index in [-0.39, 0.29) is 16.6 Å². The van der Waals surface area contributed by atoms with Crippen LogP contribution in [-0.2, 0) is 21.2 Å². The lowest BCUT2D eigenvalue weighted by molar-refractivity contribution is 0.0693. The van der Waals surface area contributed by atoms with Gasteiger partial charge in [0, 0.05) is 37.0 Å². The molecule has 0 bridgehead atoms. The Hall–Kier alpha value is -3.49. The third-order valence-corrected chi connectivity index (χ3v) is 6.95. The van der Waals surface area contributed by atoms with Crippen LogP contribution in [0.15, 0.2) is 88.2 Å². The van der Waals surface area contributed by atoms with Crippen LogP contribution in [0.3, 0.4) is 0 Å². The van der Waals surface area contributed by atoms with E-state index in [1.54, 1.807) is 54.5 Å². The molecule has 1 heterocycles. The molecule has 0 spiro atoms. The van der Waals surface area contributed by atoms with Crippen molar-refractivity contribution >= 4 is 27.5 Å². The van der Waals surface area contributed by atoms with E-state index in [4.69, 9.17) is 4.74 Å². The SMILES string of the molecule is COCCN(CCCc1ccccc1)C(=O)c1ccc(NC2=NS(=O)(=O)c3ccccc32)cc1. The molecule has 3 aromatic carbocycles. The third-order valence-electron chi connectivity index (χ3n) is 5.61. The first kappa shape index (κ1) is 23.7. The van der Waals surface area contributed by atoms with Crippen molar-refractivity contribution < 1.29 is 17.9 Å². The number of fused-ring (bicyclic) bond motifs is 1. The Morgan fingerprint density at radius 2 is 1.65 bits per heavy atom. The molecule has 3 aromatic rings. The summed E-state index contributed by atoms with van der Waals surface area (Å²) in [5, 5.41) is 3.06. The summed E-state index contributed by atoms with van der Waals surface area (Å²) in [5.74, 6) is 0.208. The molecule has 0 aromatic heterocycles. The van der Waals surface area contributed by atoms with Gasteiger partial charge in [-0.05, 0) is 54.8 Å². The molecule has 8 heteroatoms. The van der Waals surface area contributed by atoms with Gasteiger partial charge < -0.3 is 15.0 Å². The number of nitrogens with one attached hydrogen (secondary N) is 1. The van der Waals surface area contributed by atoms with Gasteiger partial charge in [-0.1, -0.05) is 42.5 Å². The molecule has 0 saturated carbocycles. The smallest absolute Gasteiger partial charge is 0.285 e. The summed E-state index contributed by atoms with van der Waals surface area (Å²) in [6, 6.07) is 23.9. The maximum absolute atomic E-state index is 13.1. The van der Waals surface area contributed by atoms with Gasteiger partial charge in [0.2, 0.25) is 0 Å². The number of nitrogens with zero attached hydrogens (tertiary/aromatic N) is 2. The lowest BCUT2D eigenvalue weighted by Gasteiger charge is -2.22. The Balaban J connectivity index is 1.42. The first-order valence-electron chi connectivity index (χ1n) is 11.1. The van der Waals surface area contributed by atoms with Gasteiger partial charge in [-0.3, -0.25) is 4.79 Å². The number of carbonyl (C=O) groups excluding carboxylic acids is 1. The van der Waals surface area contributed by atoms with Gasteiger partial charge in [0.25, 0.3) is 15.9 Å². The molecule has 7 nitrogen and oxygen atoms in total. The normalized spacial score (nSPS) is 13.7. The summed E-state index contributed by atoms with van der Waals surface area (Å²) >= 11 is 0. The molecule has 0 radical (unpaired) electrons. The van der Waals surface area contributed by atoms with Crippen LogP contribution in [-0.4, -0.2) is 51.9 Å². The molecule has 0 fully saturated rings. The molecule has 1 N–H and O–H groups in total. The van der Waals surface area contributed by atoms with E-state index in [0.717, 1.165) is 12.8 Å². The molecular formula is C26H27N3O4S. The van der Waals surface area contributed by atoms with Gasteiger partial charge in [-0.25, -0.2) is 0 Å². The number of ether oxygens (including phenoxy) is 1. The van der Waals surface area contributed by atoms with Crippen LogP contribution in [0.2, 0.25) is 0 Å². The lowest BCUT2D eigenvalue weighted by Crippen LogP contribution is -2.35. The van der Waals surface area contributed by atoms with Crippen molar-refractivity contribution in [2.75, 3.05) is 32.1 Å². The Kier molecular flexibility index (Phi) is 7.40. The number of amidine groups is 1. The molecule has 1 aliphatic rings. The number of carbonyl (C=O) groups is 1. The second-order valence-electron chi connectivity index (χ2n) is 7.99. The fourth-order valence-electron chi connectivity index (χ4n) is 3.85. The van der Waals surface area contributed by atoms with Crippen molar-refractivity contribution in [3.8, 4) is 0 Å². The number of anilines is 1. The minimum Gasteiger partial charge on any atom is -0.383 e. The van der Waals surface area contributed by atoms with Crippen molar-refractivity contribution in [1.29, 1.82) is 0 Å². The van der Waals surface area contributed by atoms with E-state index >= 15 is 0 Å². The number of sulfonamides is 1. The van der Waals surface area contributed by atoms with Crippen molar-refractivity contribution in [3.05, 3.63) is 95.6 Å². The highest BCUT2D eigenvalue weighted by Gasteiger charge is 2.28. The zero-order valence-corrected chi connectivity index (χ0v) is 19.8. The number of benzene rings is 3. The number of methoxy groups -OCH3 is 1. The molecule has 4 rings (SSSR count). The summed E-state index contributed by atoms with van der Waals surface area (Å²) in [6.45, 7) is 1.60. The van der Waals surface area contributed by atoms with E-state index in [9.17, 15) is 13.2 Å². The van der Waals surface area contributed by atoms with Gasteiger partial charge in [-0.15, -0.1) is 4.40 Å². The molecule has 0 saturated heterocycles. The summed E-state index contributed by atoms with van der Waals surface area (Å²) < 4.78 is 33.5. The van der Waals surface area contributed by atoms with Crippen molar-refractivity contribution in [3.63, 3.8) is 0 Å². The quantitative estimate of drug-likeness (QED) is 0.504. The number of aryl methyl sites for hydroxylation is 1. The van der Waals surface area contributed by atoms with E-state index in [2.05, 4.69) is 21.8 Å². The second-order valence-corrected chi connectivity index (χ2v) is 9.56. The van der Waals surface area contributed by atoms with Crippen molar-refractivity contribution in [1.82, 2.24) is 4.90 Å². The number of rotatable bonds is 9. The molecule has 1 aliphatic heterocycles. The van der Waals surface area contributed by atoms with Crippen LogP contribution < -0.4 is 5.32 Å². The van der Waals surface area contributed by atoms with Gasteiger partial charge in [0.15, 0.2) is 5.84 Å². The lowest BCUT2D eigenvalue weighted by atomic mass is 10.1. The third kappa shape index (κ3) is 5.52. The van der Waals surface area contributed by atoms with Crippen molar-refractivity contribution in [2.24, 2.45) is 4.40 Å². The first-order chi connectivity index (χ1) is 16.5. The largest absolute Gasteiger partial charge is 0.383 e. The highest BCUT2D eigenvalue weighted by Crippen LogP contribution is 2.26. The summed E-state index contributed by atoms with van der Waals surface area (Å²) in [7, 11) is -2.07. The summed E-state index contributed by atoms with van der Waals surface area (Å²) in [6.07, 6.45) is 1.75. The Labute approximate surface area is 200 Å². The number of hydrogen-bond donors (Lipinski definition) is 1. The highest BCUT2D eigenvalue weighted by molar-refractivity contribution is 7.90. The predicted octanol–water partition coefficient (Wildman–Crippen LogP) is 3.97. The van der Waals surface area contributed by atoms with Gasteiger partial charge in [-0.2, -0.15) is 8.42 Å². The van der Waals surface area contributed by atoms with E-state index < -0.39 is 10.0 Å². The summed E-state index contributed by atoms with van der Waals surface area (Å²) in [4.78, 5) is 15.1. The average Bonchev–Trinajstić information content (AvgIpc) is 3.11. The van der Waals surface area contributed by atoms with Crippen molar-refractivity contribution in [2.45, 2.75) is 17.7 Å². The standard InChI is InChI=1S/C26H27N3O4S/c1-33-19-18-29(17-7-10-20-8-3-2-4-9-20)26(30)21-13-15-22(16-14-21)27-25-23-11-5-6-12-24(23)34(31,32)28-25/h2-6,8-9,11-16H,7,10,17-19H2,1H3,(H,27,28). The Morgan fingerprint density at radius 3 is 2.38 bits per heavy atom. The first-order valence-corrected chi connectivity index (χ1v) is 12.6. The molecule has 0 aliphatic carbocycles. The van der Waals surface area contributed by atoms with E-state index in [0.29, 0.717) is 36.5 Å². The Morgan fingerprint density at radius 1 is 0.941 bits per heavy atom. The minimum atomic E-state index is -3.69. The Bertz CT molecular complexity index is 1270. The monoisotopic (exact) mass is 477 g/mol. The highest BCUT2D eigenvalue weighted by atomic mass is 32.2. The summed E-state index contributed by atoms with van der Waals surface area (Å²) in [5.41, 5.74) is 2.99. The topological polar surface area (TPSA) is 88.1 Å². The number of hydrogen-bond acceptors (Lipinski definition) is 5. The van der Waals surface area contributed by atoms with Crippen LogP contribution in [0.1, 0.15) is 27.9 Å². The number of amides is 1. The van der Waals surface area contributed by atoms with Gasteiger partial charge in [0.1, 0.15) is 4.90 Å². The van der Waals surface area contributed by atoms with Crippen LogP contribution in [0.25, 0.3) is 0 Å². The maximum atomic E-state index is 13.1. The van der Waals surface area contributed by atoms with E-state index in [1.807, 2.05) is 18.2 Å². The molecular weight excluding hydrogens is 450 g/mol. The molecule has 1 amide bonds. The molecule has 34 heavy (non-hydrogen) atoms.